The van der Waals surface area contributed by atoms with Crippen LogP contribution in [-0.4, -0.2) is 58.0 Å². The topological polar surface area (TPSA) is 69.3 Å². The summed E-state index contributed by atoms with van der Waals surface area (Å²) in [4.78, 5) is 29.4. The summed E-state index contributed by atoms with van der Waals surface area (Å²) in [5.41, 5.74) is 1.65. The van der Waals surface area contributed by atoms with E-state index in [0.29, 0.717) is 24.6 Å². The molecule has 25 heavy (non-hydrogen) atoms. The van der Waals surface area contributed by atoms with Gasteiger partial charge in [0.25, 0.3) is 5.91 Å². The van der Waals surface area contributed by atoms with Crippen LogP contribution >= 0.6 is 0 Å². The van der Waals surface area contributed by atoms with Crippen molar-refractivity contribution >= 4 is 11.8 Å². The predicted octanol–water partition coefficient (Wildman–Crippen LogP) is 2.93. The summed E-state index contributed by atoms with van der Waals surface area (Å²) in [6, 6.07) is -0.333. The van der Waals surface area contributed by atoms with Gasteiger partial charge >= 0.3 is 0 Å². The number of aromatic nitrogens is 2. The fourth-order valence-corrected chi connectivity index (χ4v) is 4.16. The van der Waals surface area contributed by atoms with E-state index in [4.69, 9.17) is 0 Å². The summed E-state index contributed by atoms with van der Waals surface area (Å²) in [6.07, 6.45) is 10.3. The van der Waals surface area contributed by atoms with Crippen LogP contribution in [0.15, 0.2) is 6.20 Å². The molecule has 0 bridgehead atoms. The highest BCUT2D eigenvalue weighted by molar-refractivity contribution is 5.99. The second-order valence-corrected chi connectivity index (χ2v) is 7.45. The van der Waals surface area contributed by atoms with E-state index in [0.717, 1.165) is 37.8 Å². The number of H-pyrrole nitrogens is 1. The number of nitrogens with one attached hydrogen (secondary N) is 1. The lowest BCUT2D eigenvalue weighted by Crippen LogP contribution is -2.57. The normalized spacial score (nSPS) is 22.5. The van der Waals surface area contributed by atoms with Gasteiger partial charge in [0, 0.05) is 26.1 Å². The second kappa shape index (κ2) is 8.02. The van der Waals surface area contributed by atoms with Crippen LogP contribution in [0.25, 0.3) is 0 Å². The van der Waals surface area contributed by atoms with Crippen molar-refractivity contribution in [2.24, 2.45) is 0 Å². The molecule has 138 valence electrons. The van der Waals surface area contributed by atoms with Gasteiger partial charge in [-0.2, -0.15) is 5.10 Å². The van der Waals surface area contributed by atoms with Crippen LogP contribution < -0.4 is 0 Å². The van der Waals surface area contributed by atoms with Gasteiger partial charge in [0.2, 0.25) is 5.91 Å². The zero-order valence-corrected chi connectivity index (χ0v) is 15.5. The Bertz CT molecular complexity index is 606. The van der Waals surface area contributed by atoms with Crippen molar-refractivity contribution in [1.82, 2.24) is 20.0 Å². The van der Waals surface area contributed by atoms with Crippen molar-refractivity contribution < 1.29 is 9.59 Å². The van der Waals surface area contributed by atoms with Gasteiger partial charge in [-0.1, -0.05) is 39.0 Å². The minimum atomic E-state index is -0.333. The van der Waals surface area contributed by atoms with Crippen molar-refractivity contribution in [3.8, 4) is 0 Å². The van der Waals surface area contributed by atoms with Crippen LogP contribution in [0.2, 0.25) is 0 Å². The third-order valence-corrected chi connectivity index (χ3v) is 5.72. The third kappa shape index (κ3) is 3.72. The van der Waals surface area contributed by atoms with E-state index in [1.807, 2.05) is 7.05 Å². The van der Waals surface area contributed by atoms with Crippen LogP contribution in [0.4, 0.5) is 0 Å². The Balaban J connectivity index is 1.81. The summed E-state index contributed by atoms with van der Waals surface area (Å²) >= 11 is 0. The smallest absolute Gasteiger partial charge is 0.258 e. The van der Waals surface area contributed by atoms with E-state index in [-0.39, 0.29) is 17.9 Å². The van der Waals surface area contributed by atoms with Gasteiger partial charge < -0.3 is 9.80 Å². The number of rotatable bonds is 5. The number of unbranched alkanes of at least 4 members (excludes halogenated alkanes) is 1. The maximum absolute atomic E-state index is 13.2. The molecule has 0 unspecified atom stereocenters. The molecule has 6 nitrogen and oxygen atoms in total. The lowest BCUT2D eigenvalue weighted by atomic mass is 9.85. The monoisotopic (exact) mass is 346 g/mol. The molecule has 2 aliphatic rings. The molecule has 1 aromatic heterocycles. The average Bonchev–Trinajstić information content (AvgIpc) is 3.13. The standard InChI is InChI=1S/C19H30N4O2/c1-3-4-10-16-19(25)22(2)11-12-23(16)18(24)15-13-20-21-17(15)14-8-6-5-7-9-14/h13-14,16H,3-12H2,1-2H3,(H,20,21)/t16-/m0/s1. The minimum absolute atomic E-state index is 0.0307. The molecule has 0 aromatic carbocycles. The third-order valence-electron chi connectivity index (χ3n) is 5.72. The zero-order valence-electron chi connectivity index (χ0n) is 15.5. The number of aromatic amines is 1. The summed E-state index contributed by atoms with van der Waals surface area (Å²) < 4.78 is 0. The van der Waals surface area contributed by atoms with E-state index in [1.165, 1.54) is 19.3 Å². The molecule has 1 N–H and O–H groups in total. The fourth-order valence-electron chi connectivity index (χ4n) is 4.16. The Morgan fingerprint density at radius 2 is 2.04 bits per heavy atom. The first-order chi connectivity index (χ1) is 12.1. The van der Waals surface area contributed by atoms with Crippen LogP contribution in [0, 0.1) is 0 Å². The maximum Gasteiger partial charge on any atom is 0.258 e. The fraction of sp³-hybridized carbons (Fsp3) is 0.737. The Morgan fingerprint density at radius 3 is 2.76 bits per heavy atom. The summed E-state index contributed by atoms with van der Waals surface area (Å²) in [7, 11) is 1.83. The zero-order chi connectivity index (χ0) is 17.8. The molecule has 1 saturated carbocycles. The molecular formula is C19H30N4O2. The van der Waals surface area contributed by atoms with Crippen LogP contribution in [-0.2, 0) is 4.79 Å². The van der Waals surface area contributed by atoms with E-state index < -0.39 is 0 Å². The van der Waals surface area contributed by atoms with Crippen molar-refractivity contribution in [1.29, 1.82) is 0 Å². The van der Waals surface area contributed by atoms with Gasteiger partial charge in [-0.3, -0.25) is 14.7 Å². The van der Waals surface area contributed by atoms with Crippen molar-refractivity contribution in [2.45, 2.75) is 70.3 Å². The highest BCUT2D eigenvalue weighted by Crippen LogP contribution is 2.34. The lowest BCUT2D eigenvalue weighted by molar-refractivity contribution is -0.138. The second-order valence-electron chi connectivity index (χ2n) is 7.45. The first-order valence-electron chi connectivity index (χ1n) is 9.72. The molecule has 2 amide bonds. The number of piperazine rings is 1. The summed E-state index contributed by atoms with van der Waals surface area (Å²) in [5, 5.41) is 7.25. The van der Waals surface area contributed by atoms with Crippen molar-refractivity contribution in [2.75, 3.05) is 20.1 Å². The number of hydrogen-bond donors (Lipinski definition) is 1. The Labute approximate surface area is 149 Å². The molecule has 1 atom stereocenters. The van der Waals surface area contributed by atoms with Crippen molar-refractivity contribution in [3.05, 3.63) is 17.5 Å². The number of likely N-dealkylation sites (N-methyl/N-ethyl adjacent to an activating group) is 1. The first kappa shape index (κ1) is 18.0. The van der Waals surface area contributed by atoms with E-state index in [2.05, 4.69) is 17.1 Å². The Hall–Kier alpha value is -1.85. The number of nitrogens with zero attached hydrogens (tertiary/aromatic N) is 3. The van der Waals surface area contributed by atoms with Gasteiger partial charge in [-0.15, -0.1) is 0 Å². The maximum atomic E-state index is 13.2. The van der Waals surface area contributed by atoms with Gasteiger partial charge in [-0.25, -0.2) is 0 Å². The van der Waals surface area contributed by atoms with E-state index >= 15 is 0 Å². The molecule has 3 rings (SSSR count). The van der Waals surface area contributed by atoms with Crippen LogP contribution in [0.1, 0.15) is 80.3 Å². The van der Waals surface area contributed by atoms with Crippen LogP contribution in [0.5, 0.6) is 0 Å². The van der Waals surface area contributed by atoms with E-state index in [9.17, 15) is 9.59 Å². The summed E-state index contributed by atoms with van der Waals surface area (Å²) in [5.74, 6) is 0.431. The Kier molecular flexibility index (Phi) is 5.76. The van der Waals surface area contributed by atoms with Gasteiger partial charge in [0.1, 0.15) is 6.04 Å². The molecular weight excluding hydrogens is 316 g/mol. The van der Waals surface area contributed by atoms with Crippen LogP contribution in [0.3, 0.4) is 0 Å². The molecule has 2 heterocycles. The number of hydrogen-bond acceptors (Lipinski definition) is 3. The molecule has 0 radical (unpaired) electrons. The van der Waals surface area contributed by atoms with Gasteiger partial charge in [-0.05, 0) is 19.3 Å². The molecule has 2 fully saturated rings. The Morgan fingerprint density at radius 1 is 1.28 bits per heavy atom. The van der Waals surface area contributed by atoms with Gasteiger partial charge in [0.05, 0.1) is 17.5 Å². The minimum Gasteiger partial charge on any atom is -0.342 e. The molecule has 1 aromatic rings. The largest absolute Gasteiger partial charge is 0.342 e. The van der Waals surface area contributed by atoms with E-state index in [1.54, 1.807) is 16.0 Å². The molecule has 1 aliphatic carbocycles. The van der Waals surface area contributed by atoms with Crippen molar-refractivity contribution in [3.63, 3.8) is 0 Å². The highest BCUT2D eigenvalue weighted by Gasteiger charge is 2.37. The molecule has 1 saturated heterocycles. The SMILES string of the molecule is CCCC[C@H]1C(=O)N(C)CCN1C(=O)c1cn[nH]c1C1CCCCC1. The van der Waals surface area contributed by atoms with Gasteiger partial charge in [0.15, 0.2) is 0 Å². The molecule has 6 heteroatoms. The average molecular weight is 346 g/mol. The predicted molar refractivity (Wildman–Crippen MR) is 96.4 cm³/mol. The lowest BCUT2D eigenvalue weighted by Gasteiger charge is -2.39. The number of carbonyl (C=O) groups is 2. The molecule has 1 aliphatic heterocycles. The summed E-state index contributed by atoms with van der Waals surface area (Å²) in [6.45, 7) is 3.31. The first-order valence-corrected chi connectivity index (χ1v) is 9.72. The highest BCUT2D eigenvalue weighted by atomic mass is 16.2. The quantitative estimate of drug-likeness (QED) is 0.891. The number of amides is 2. The molecule has 0 spiro atoms. The number of carbonyl (C=O) groups excluding carboxylic acids is 2.